The van der Waals surface area contributed by atoms with Gasteiger partial charge in [0.05, 0.1) is 24.5 Å². The van der Waals surface area contributed by atoms with Crippen molar-refractivity contribution in [1.82, 2.24) is 9.80 Å². The molecule has 0 bridgehead atoms. The Morgan fingerprint density at radius 2 is 1.67 bits per heavy atom. The fraction of sp³-hybridized carbons (Fsp3) is 0.368. The average molecular weight is 391 g/mol. The summed E-state index contributed by atoms with van der Waals surface area (Å²) < 4.78 is 16.4. The molecule has 2 aliphatic heterocycles. The van der Waals surface area contributed by atoms with E-state index in [4.69, 9.17) is 25.5 Å². The molecular weight excluding hydrogens is 372 g/mol. The minimum Gasteiger partial charge on any atom is -0.489 e. The monoisotopic (exact) mass is 390 g/mol. The van der Waals surface area contributed by atoms with E-state index in [1.54, 1.807) is 34.1 Å². The zero-order valence-electron chi connectivity index (χ0n) is 14.7. The smallest absolute Gasteiger partial charge is 0.289 e. The SMILES string of the molecule is O=C(c1cc(Cl)c2c(c1)OCCCO2)N1CCN(C(=O)c2ccco2)CC1. The van der Waals surface area contributed by atoms with Crippen LogP contribution in [0.15, 0.2) is 34.9 Å². The van der Waals surface area contributed by atoms with Crippen LogP contribution in [0.2, 0.25) is 5.02 Å². The number of carbonyl (C=O) groups excluding carboxylic acids is 2. The van der Waals surface area contributed by atoms with Crippen LogP contribution in [-0.4, -0.2) is 61.0 Å². The summed E-state index contributed by atoms with van der Waals surface area (Å²) in [7, 11) is 0. The molecule has 4 rings (SSSR count). The van der Waals surface area contributed by atoms with Gasteiger partial charge in [0, 0.05) is 38.2 Å². The van der Waals surface area contributed by atoms with Crippen molar-refractivity contribution in [2.45, 2.75) is 6.42 Å². The lowest BCUT2D eigenvalue weighted by molar-refractivity contribution is 0.0518. The first-order chi connectivity index (χ1) is 13.1. The maximum atomic E-state index is 12.9. The minimum absolute atomic E-state index is 0.141. The average Bonchev–Trinajstić information content (AvgIpc) is 3.12. The van der Waals surface area contributed by atoms with Gasteiger partial charge in [0.1, 0.15) is 0 Å². The van der Waals surface area contributed by atoms with Gasteiger partial charge in [-0.2, -0.15) is 0 Å². The Kier molecular flexibility index (Phi) is 4.94. The number of carbonyl (C=O) groups is 2. The van der Waals surface area contributed by atoms with Crippen LogP contribution in [0.4, 0.5) is 0 Å². The second-order valence-electron chi connectivity index (χ2n) is 6.40. The Morgan fingerprint density at radius 3 is 2.37 bits per heavy atom. The summed E-state index contributed by atoms with van der Waals surface area (Å²) in [6.45, 7) is 2.84. The molecule has 0 radical (unpaired) electrons. The van der Waals surface area contributed by atoms with Crippen LogP contribution in [0.3, 0.4) is 0 Å². The fourth-order valence-corrected chi connectivity index (χ4v) is 3.47. The first-order valence-corrected chi connectivity index (χ1v) is 9.22. The molecule has 2 amide bonds. The van der Waals surface area contributed by atoms with Crippen LogP contribution in [-0.2, 0) is 0 Å². The predicted molar refractivity (Wildman–Crippen MR) is 97.6 cm³/mol. The summed E-state index contributed by atoms with van der Waals surface area (Å²) in [5.41, 5.74) is 0.454. The number of rotatable bonds is 2. The predicted octanol–water partition coefficient (Wildman–Crippen LogP) is 2.69. The Hall–Kier alpha value is -2.67. The Balaban J connectivity index is 1.44. The van der Waals surface area contributed by atoms with Crippen LogP contribution < -0.4 is 9.47 Å². The van der Waals surface area contributed by atoms with Crippen LogP contribution >= 0.6 is 11.6 Å². The van der Waals surface area contributed by atoms with Crippen LogP contribution in [0.1, 0.15) is 27.3 Å². The van der Waals surface area contributed by atoms with Crippen molar-refractivity contribution >= 4 is 23.4 Å². The maximum Gasteiger partial charge on any atom is 0.289 e. The number of ether oxygens (including phenoxy) is 2. The van der Waals surface area contributed by atoms with Gasteiger partial charge in [-0.1, -0.05) is 11.6 Å². The number of halogens is 1. The van der Waals surface area contributed by atoms with Crippen LogP contribution in [0, 0.1) is 0 Å². The molecule has 142 valence electrons. The van der Waals surface area contributed by atoms with Gasteiger partial charge < -0.3 is 23.7 Å². The third-order valence-corrected chi connectivity index (χ3v) is 4.92. The van der Waals surface area contributed by atoms with Crippen LogP contribution in [0.5, 0.6) is 11.5 Å². The van der Waals surface area contributed by atoms with Crippen molar-refractivity contribution in [1.29, 1.82) is 0 Å². The van der Waals surface area contributed by atoms with Gasteiger partial charge in [0.25, 0.3) is 11.8 Å². The lowest BCUT2D eigenvalue weighted by Gasteiger charge is -2.34. The molecule has 0 unspecified atom stereocenters. The van der Waals surface area contributed by atoms with E-state index in [-0.39, 0.29) is 11.8 Å². The van der Waals surface area contributed by atoms with E-state index in [0.717, 1.165) is 6.42 Å². The highest BCUT2D eigenvalue weighted by Gasteiger charge is 2.28. The van der Waals surface area contributed by atoms with Crippen molar-refractivity contribution in [3.05, 3.63) is 46.9 Å². The normalized spacial score (nSPS) is 16.8. The molecule has 3 heterocycles. The first kappa shape index (κ1) is 17.7. The van der Waals surface area contributed by atoms with Gasteiger partial charge in [-0.15, -0.1) is 0 Å². The molecule has 7 nitrogen and oxygen atoms in total. The van der Waals surface area contributed by atoms with Crippen molar-refractivity contribution < 1.29 is 23.5 Å². The fourth-order valence-electron chi connectivity index (χ4n) is 3.21. The van der Waals surface area contributed by atoms with Crippen molar-refractivity contribution in [3.8, 4) is 11.5 Å². The highest BCUT2D eigenvalue weighted by Crippen LogP contribution is 2.38. The molecule has 0 saturated carbocycles. The third kappa shape index (κ3) is 3.60. The van der Waals surface area contributed by atoms with E-state index in [0.29, 0.717) is 67.2 Å². The Morgan fingerprint density at radius 1 is 0.963 bits per heavy atom. The molecule has 0 spiro atoms. The number of amides is 2. The van der Waals surface area contributed by atoms with Gasteiger partial charge in [-0.25, -0.2) is 0 Å². The topological polar surface area (TPSA) is 72.2 Å². The van der Waals surface area contributed by atoms with E-state index in [1.165, 1.54) is 6.26 Å². The minimum atomic E-state index is -0.161. The van der Waals surface area contributed by atoms with Gasteiger partial charge >= 0.3 is 0 Å². The number of hydrogen-bond acceptors (Lipinski definition) is 5. The number of benzene rings is 1. The molecule has 0 N–H and O–H groups in total. The molecule has 27 heavy (non-hydrogen) atoms. The van der Waals surface area contributed by atoms with E-state index < -0.39 is 0 Å². The largest absolute Gasteiger partial charge is 0.489 e. The molecule has 8 heteroatoms. The quantitative estimate of drug-likeness (QED) is 0.788. The van der Waals surface area contributed by atoms with Crippen molar-refractivity contribution in [2.75, 3.05) is 39.4 Å². The lowest BCUT2D eigenvalue weighted by atomic mass is 10.1. The van der Waals surface area contributed by atoms with Gasteiger partial charge in [0.2, 0.25) is 0 Å². The highest BCUT2D eigenvalue weighted by molar-refractivity contribution is 6.32. The Labute approximate surface area is 161 Å². The molecule has 0 aliphatic carbocycles. The molecule has 1 fully saturated rings. The summed E-state index contributed by atoms with van der Waals surface area (Å²) in [5.74, 6) is 0.988. The number of nitrogens with zero attached hydrogens (tertiary/aromatic N) is 2. The van der Waals surface area contributed by atoms with Gasteiger partial charge in [-0.05, 0) is 24.3 Å². The highest BCUT2D eigenvalue weighted by atomic mass is 35.5. The lowest BCUT2D eigenvalue weighted by Crippen LogP contribution is -2.50. The van der Waals surface area contributed by atoms with E-state index in [9.17, 15) is 9.59 Å². The Bertz CT molecular complexity index is 844. The number of piperazine rings is 1. The van der Waals surface area contributed by atoms with E-state index in [2.05, 4.69) is 0 Å². The second-order valence-corrected chi connectivity index (χ2v) is 6.80. The van der Waals surface area contributed by atoms with Gasteiger partial charge in [0.15, 0.2) is 17.3 Å². The molecule has 1 aromatic carbocycles. The first-order valence-electron chi connectivity index (χ1n) is 8.84. The number of hydrogen-bond donors (Lipinski definition) is 0. The van der Waals surface area contributed by atoms with E-state index >= 15 is 0 Å². The standard InChI is InChI=1S/C19H19ClN2O5/c20-14-11-13(12-16-17(14)27-10-2-9-26-16)18(23)21-4-6-22(7-5-21)19(24)15-3-1-8-25-15/h1,3,8,11-12H,2,4-7,9-10H2. The summed E-state index contributed by atoms with van der Waals surface area (Å²) >= 11 is 6.29. The molecular formula is C19H19ClN2O5. The van der Waals surface area contributed by atoms with E-state index in [1.807, 2.05) is 0 Å². The molecule has 1 aromatic heterocycles. The third-order valence-electron chi connectivity index (χ3n) is 4.64. The molecule has 2 aromatic rings. The van der Waals surface area contributed by atoms with Gasteiger partial charge in [-0.3, -0.25) is 9.59 Å². The summed E-state index contributed by atoms with van der Waals surface area (Å²) in [6, 6.07) is 6.60. The molecule has 1 saturated heterocycles. The molecule has 0 atom stereocenters. The number of fused-ring (bicyclic) bond motifs is 1. The van der Waals surface area contributed by atoms with Crippen molar-refractivity contribution in [2.24, 2.45) is 0 Å². The molecule has 2 aliphatic rings. The maximum absolute atomic E-state index is 12.9. The number of furan rings is 1. The summed E-state index contributed by atoms with van der Waals surface area (Å²) in [5, 5.41) is 0.365. The summed E-state index contributed by atoms with van der Waals surface area (Å²) in [6.07, 6.45) is 2.24. The zero-order chi connectivity index (χ0) is 18.8. The summed E-state index contributed by atoms with van der Waals surface area (Å²) in [4.78, 5) is 28.6. The van der Waals surface area contributed by atoms with Crippen LogP contribution in [0.25, 0.3) is 0 Å². The zero-order valence-corrected chi connectivity index (χ0v) is 15.4. The second kappa shape index (κ2) is 7.52. The van der Waals surface area contributed by atoms with Crippen molar-refractivity contribution in [3.63, 3.8) is 0 Å².